The van der Waals surface area contributed by atoms with Crippen LogP contribution in [0.15, 0.2) is 48.7 Å². The summed E-state index contributed by atoms with van der Waals surface area (Å²) in [6.07, 6.45) is 1.21. The van der Waals surface area contributed by atoms with Gasteiger partial charge in [-0.25, -0.2) is 14.3 Å². The van der Waals surface area contributed by atoms with E-state index in [1.54, 1.807) is 22.8 Å². The minimum absolute atomic E-state index is 0.500. The minimum atomic E-state index is -0.540. The summed E-state index contributed by atoms with van der Waals surface area (Å²) in [6, 6.07) is 13.3. The van der Waals surface area contributed by atoms with Gasteiger partial charge in [-0.3, -0.25) is 5.32 Å². The van der Waals surface area contributed by atoms with Crippen LogP contribution < -0.4 is 5.32 Å². The molecule has 3 rings (SSSR count). The largest absolute Gasteiger partial charge is 0.444 e. The second kappa shape index (κ2) is 5.72. The van der Waals surface area contributed by atoms with Crippen molar-refractivity contribution >= 4 is 17.4 Å². The van der Waals surface area contributed by atoms with Crippen LogP contribution in [0, 0.1) is 0 Å². The van der Waals surface area contributed by atoms with Crippen LogP contribution in [0.1, 0.15) is 20.8 Å². The van der Waals surface area contributed by atoms with Crippen molar-refractivity contribution in [2.45, 2.75) is 26.4 Å². The highest BCUT2D eigenvalue weighted by Gasteiger charge is 2.16. The topological polar surface area (TPSA) is 68.5 Å². The molecule has 0 bridgehead atoms. The number of nitrogens with one attached hydrogen (secondary N) is 1. The highest BCUT2D eigenvalue weighted by Crippen LogP contribution is 2.18. The van der Waals surface area contributed by atoms with E-state index in [0.29, 0.717) is 17.2 Å². The first-order valence-corrected chi connectivity index (χ1v) is 7.33. The standard InChI is InChI=1S/C17H18N4O2/c1-17(2,3)23-16(22)18-13-9-10-14-19-15(20-21(14)11-13)12-7-5-4-6-8-12/h4-11H,1-3H3,(H,18,22). The number of carbonyl (C=O) groups is 1. The molecule has 0 saturated heterocycles. The summed E-state index contributed by atoms with van der Waals surface area (Å²) in [7, 11) is 0. The predicted octanol–water partition coefficient (Wildman–Crippen LogP) is 3.74. The van der Waals surface area contributed by atoms with Crippen molar-refractivity contribution in [3.63, 3.8) is 0 Å². The van der Waals surface area contributed by atoms with Gasteiger partial charge in [0.25, 0.3) is 0 Å². The summed E-state index contributed by atoms with van der Waals surface area (Å²) >= 11 is 0. The Bertz CT molecular complexity index is 835. The molecule has 118 valence electrons. The quantitative estimate of drug-likeness (QED) is 0.783. The van der Waals surface area contributed by atoms with Crippen LogP contribution in [0.25, 0.3) is 17.0 Å². The highest BCUT2D eigenvalue weighted by atomic mass is 16.6. The summed E-state index contributed by atoms with van der Waals surface area (Å²) in [6.45, 7) is 5.46. The monoisotopic (exact) mass is 310 g/mol. The van der Waals surface area contributed by atoms with Crippen LogP contribution in [0.4, 0.5) is 10.5 Å². The fraction of sp³-hybridized carbons (Fsp3) is 0.235. The predicted molar refractivity (Wildman–Crippen MR) is 88.3 cm³/mol. The number of hydrogen-bond donors (Lipinski definition) is 1. The Labute approximate surface area is 134 Å². The lowest BCUT2D eigenvalue weighted by molar-refractivity contribution is 0.0636. The van der Waals surface area contributed by atoms with Crippen molar-refractivity contribution in [2.24, 2.45) is 0 Å². The van der Waals surface area contributed by atoms with Gasteiger partial charge in [0.15, 0.2) is 11.5 Å². The number of pyridine rings is 1. The van der Waals surface area contributed by atoms with Gasteiger partial charge in [0.1, 0.15) is 5.60 Å². The first kappa shape index (κ1) is 15.0. The number of anilines is 1. The zero-order valence-corrected chi connectivity index (χ0v) is 13.3. The number of ether oxygens (including phenoxy) is 1. The van der Waals surface area contributed by atoms with Gasteiger partial charge < -0.3 is 4.74 Å². The summed E-state index contributed by atoms with van der Waals surface area (Å²) < 4.78 is 6.87. The minimum Gasteiger partial charge on any atom is -0.444 e. The second-order valence-electron chi connectivity index (χ2n) is 6.15. The van der Waals surface area contributed by atoms with Crippen LogP contribution in [-0.4, -0.2) is 26.3 Å². The molecule has 0 aliphatic heterocycles. The van der Waals surface area contributed by atoms with Gasteiger partial charge in [0.05, 0.1) is 11.9 Å². The molecular weight excluding hydrogens is 292 g/mol. The zero-order chi connectivity index (χ0) is 16.4. The molecule has 0 aliphatic rings. The summed E-state index contributed by atoms with van der Waals surface area (Å²) in [5.74, 6) is 0.639. The lowest BCUT2D eigenvalue weighted by Crippen LogP contribution is -2.27. The van der Waals surface area contributed by atoms with Gasteiger partial charge in [-0.1, -0.05) is 30.3 Å². The van der Waals surface area contributed by atoms with Gasteiger partial charge in [-0.15, -0.1) is 5.10 Å². The summed E-state index contributed by atoms with van der Waals surface area (Å²) in [5.41, 5.74) is 1.70. The third-order valence-electron chi connectivity index (χ3n) is 3.01. The van der Waals surface area contributed by atoms with Crippen LogP contribution >= 0.6 is 0 Å². The average Bonchev–Trinajstić information content (AvgIpc) is 2.89. The molecule has 23 heavy (non-hydrogen) atoms. The molecule has 1 N–H and O–H groups in total. The molecule has 0 saturated carbocycles. The Morgan fingerprint density at radius 3 is 2.57 bits per heavy atom. The molecule has 0 unspecified atom stereocenters. The van der Waals surface area contributed by atoms with Gasteiger partial charge in [-0.2, -0.15) is 0 Å². The zero-order valence-electron chi connectivity index (χ0n) is 13.3. The lowest BCUT2D eigenvalue weighted by Gasteiger charge is -2.19. The number of fused-ring (bicyclic) bond motifs is 1. The molecule has 2 heterocycles. The van der Waals surface area contributed by atoms with Gasteiger partial charge in [0, 0.05) is 5.56 Å². The maximum Gasteiger partial charge on any atom is 0.412 e. The number of nitrogens with zero attached hydrogens (tertiary/aromatic N) is 3. The fourth-order valence-corrected chi connectivity index (χ4v) is 2.09. The first-order chi connectivity index (χ1) is 10.9. The van der Waals surface area contributed by atoms with Crippen molar-refractivity contribution in [2.75, 3.05) is 5.32 Å². The van der Waals surface area contributed by atoms with E-state index in [1.165, 1.54) is 0 Å². The van der Waals surface area contributed by atoms with E-state index in [0.717, 1.165) is 5.56 Å². The van der Waals surface area contributed by atoms with Crippen molar-refractivity contribution in [1.29, 1.82) is 0 Å². The van der Waals surface area contributed by atoms with E-state index in [-0.39, 0.29) is 0 Å². The number of aromatic nitrogens is 3. The Morgan fingerprint density at radius 2 is 1.87 bits per heavy atom. The van der Waals surface area contributed by atoms with Crippen LogP contribution in [0.2, 0.25) is 0 Å². The molecule has 0 atom stereocenters. The maximum absolute atomic E-state index is 11.8. The normalized spacial score (nSPS) is 11.4. The second-order valence-corrected chi connectivity index (χ2v) is 6.15. The number of amides is 1. The van der Waals surface area contributed by atoms with E-state index in [1.807, 2.05) is 51.1 Å². The van der Waals surface area contributed by atoms with Crippen LogP contribution in [0.5, 0.6) is 0 Å². The lowest BCUT2D eigenvalue weighted by atomic mass is 10.2. The maximum atomic E-state index is 11.8. The van der Waals surface area contributed by atoms with Crippen molar-refractivity contribution in [1.82, 2.24) is 14.6 Å². The van der Waals surface area contributed by atoms with Gasteiger partial charge >= 0.3 is 6.09 Å². The Morgan fingerprint density at radius 1 is 1.13 bits per heavy atom. The highest BCUT2D eigenvalue weighted by molar-refractivity contribution is 5.84. The van der Waals surface area contributed by atoms with Crippen LogP contribution in [0.3, 0.4) is 0 Å². The number of rotatable bonds is 2. The molecule has 6 heteroatoms. The fourth-order valence-electron chi connectivity index (χ4n) is 2.09. The van der Waals surface area contributed by atoms with Gasteiger partial charge in [0.2, 0.25) is 0 Å². The molecule has 1 amide bonds. The van der Waals surface area contributed by atoms with Crippen molar-refractivity contribution < 1.29 is 9.53 Å². The van der Waals surface area contributed by atoms with Crippen molar-refractivity contribution in [3.05, 3.63) is 48.7 Å². The van der Waals surface area contributed by atoms with E-state index >= 15 is 0 Å². The number of carbonyl (C=O) groups excluding carboxylic acids is 1. The Kier molecular flexibility index (Phi) is 3.73. The summed E-state index contributed by atoms with van der Waals surface area (Å²) in [4.78, 5) is 16.3. The molecule has 0 spiro atoms. The third-order valence-corrected chi connectivity index (χ3v) is 3.01. The average molecular weight is 310 g/mol. The molecule has 0 fully saturated rings. The molecule has 0 aliphatic carbocycles. The SMILES string of the molecule is CC(C)(C)OC(=O)Nc1ccc2nc(-c3ccccc3)nn2c1. The van der Waals surface area contributed by atoms with Gasteiger partial charge in [-0.05, 0) is 32.9 Å². The third kappa shape index (κ3) is 3.66. The van der Waals surface area contributed by atoms with Crippen LogP contribution in [-0.2, 0) is 4.74 Å². The molecule has 1 aromatic carbocycles. The summed E-state index contributed by atoms with van der Waals surface area (Å²) in [5, 5.41) is 7.13. The van der Waals surface area contributed by atoms with E-state index in [2.05, 4.69) is 15.4 Å². The molecule has 6 nitrogen and oxygen atoms in total. The van der Waals surface area contributed by atoms with E-state index in [4.69, 9.17) is 4.74 Å². The van der Waals surface area contributed by atoms with Crippen molar-refractivity contribution in [3.8, 4) is 11.4 Å². The van der Waals surface area contributed by atoms with E-state index in [9.17, 15) is 4.79 Å². The Hall–Kier alpha value is -2.89. The molecule has 0 radical (unpaired) electrons. The first-order valence-electron chi connectivity index (χ1n) is 7.33. The van der Waals surface area contributed by atoms with E-state index < -0.39 is 11.7 Å². The molecule has 3 aromatic rings. The molecule has 2 aromatic heterocycles. The Balaban J connectivity index is 1.84. The number of hydrogen-bond acceptors (Lipinski definition) is 4. The smallest absolute Gasteiger partial charge is 0.412 e. The molecular formula is C17H18N4O2. The number of benzene rings is 1.